The number of aromatic nitrogens is 1. The highest BCUT2D eigenvalue weighted by molar-refractivity contribution is 14.1. The molecule has 0 unspecified atom stereocenters. The van der Waals surface area contributed by atoms with Gasteiger partial charge in [0.25, 0.3) is 0 Å². The molecule has 0 fully saturated rings. The standard InChI is InChI=1S/C21H19I2N3O4S/c1-12-11-31-20(24-12)26-19(28)17(9-14-7-15(22)18(27)16(23)8-14)25-21(29)30-10-13-5-3-2-4-6-13/h2-8,11,17,27H,9-10H2,1H3,(H,25,29)(H,24,26,28)/t17-/m1/s1. The molecule has 0 saturated heterocycles. The number of phenolic OH excluding ortho intramolecular Hbond substituents is 1. The van der Waals surface area contributed by atoms with Crippen molar-refractivity contribution in [3.8, 4) is 5.75 Å². The fourth-order valence-corrected chi connectivity index (χ4v) is 5.28. The molecule has 0 aliphatic heterocycles. The number of carbonyl (C=O) groups excluding carboxylic acids is 2. The fraction of sp³-hybridized carbons (Fsp3) is 0.190. The van der Waals surface area contributed by atoms with E-state index in [9.17, 15) is 14.7 Å². The van der Waals surface area contributed by atoms with Crippen LogP contribution in [-0.4, -0.2) is 28.1 Å². The second kappa shape index (κ2) is 11.1. The molecule has 0 radical (unpaired) electrons. The molecular formula is C21H19I2N3O4S. The normalized spacial score (nSPS) is 11.6. The SMILES string of the molecule is Cc1csc(NC(=O)[C@@H](Cc2cc(I)c(O)c(I)c2)NC(=O)OCc2ccccc2)n1. The van der Waals surface area contributed by atoms with E-state index in [2.05, 4.69) is 15.6 Å². The lowest BCUT2D eigenvalue weighted by Gasteiger charge is -2.18. The maximum absolute atomic E-state index is 12.9. The Labute approximate surface area is 210 Å². The average molecular weight is 663 g/mol. The minimum absolute atomic E-state index is 0.0989. The van der Waals surface area contributed by atoms with Gasteiger partial charge >= 0.3 is 6.09 Å². The quantitative estimate of drug-likeness (QED) is 0.315. The number of aromatic hydroxyl groups is 1. The summed E-state index contributed by atoms with van der Waals surface area (Å²) in [5, 5.41) is 17.7. The van der Waals surface area contributed by atoms with Crippen molar-refractivity contribution in [2.24, 2.45) is 0 Å². The molecule has 10 heteroatoms. The van der Waals surface area contributed by atoms with Crippen LogP contribution in [0.5, 0.6) is 5.75 Å². The van der Waals surface area contributed by atoms with Crippen LogP contribution in [0.3, 0.4) is 0 Å². The molecule has 1 aromatic heterocycles. The number of hydrogen-bond acceptors (Lipinski definition) is 6. The maximum Gasteiger partial charge on any atom is 0.408 e. The molecule has 3 N–H and O–H groups in total. The number of nitrogens with zero attached hydrogens (tertiary/aromatic N) is 1. The van der Waals surface area contributed by atoms with Crippen LogP contribution in [0.1, 0.15) is 16.8 Å². The van der Waals surface area contributed by atoms with Gasteiger partial charge in [-0.25, -0.2) is 9.78 Å². The minimum Gasteiger partial charge on any atom is -0.506 e. The van der Waals surface area contributed by atoms with Gasteiger partial charge in [0.2, 0.25) is 5.91 Å². The molecule has 7 nitrogen and oxygen atoms in total. The number of aryl methyl sites for hydroxylation is 1. The zero-order valence-electron chi connectivity index (χ0n) is 16.4. The summed E-state index contributed by atoms with van der Waals surface area (Å²) in [5.41, 5.74) is 2.44. The Kier molecular flexibility index (Phi) is 8.49. The predicted molar refractivity (Wildman–Crippen MR) is 136 cm³/mol. The largest absolute Gasteiger partial charge is 0.506 e. The van der Waals surface area contributed by atoms with E-state index in [1.54, 1.807) is 12.1 Å². The number of benzene rings is 2. The van der Waals surface area contributed by atoms with Crippen molar-refractivity contribution in [1.82, 2.24) is 10.3 Å². The molecular weight excluding hydrogens is 644 g/mol. The smallest absolute Gasteiger partial charge is 0.408 e. The van der Waals surface area contributed by atoms with Crippen molar-refractivity contribution in [1.29, 1.82) is 0 Å². The third kappa shape index (κ3) is 7.04. The summed E-state index contributed by atoms with van der Waals surface area (Å²) in [7, 11) is 0. The van der Waals surface area contributed by atoms with Crippen molar-refractivity contribution in [3.05, 3.63) is 71.8 Å². The summed E-state index contributed by atoms with van der Waals surface area (Å²) in [4.78, 5) is 29.5. The molecule has 0 saturated carbocycles. The number of halogens is 2. The zero-order chi connectivity index (χ0) is 22.4. The van der Waals surface area contributed by atoms with Crippen LogP contribution in [0.2, 0.25) is 0 Å². The van der Waals surface area contributed by atoms with Crippen LogP contribution in [-0.2, 0) is 22.6 Å². The first kappa shape index (κ1) is 23.7. The van der Waals surface area contributed by atoms with Crippen LogP contribution in [0.15, 0.2) is 47.8 Å². The Morgan fingerprint density at radius 1 is 1.16 bits per heavy atom. The fourth-order valence-electron chi connectivity index (χ4n) is 2.69. The van der Waals surface area contributed by atoms with Crippen molar-refractivity contribution in [3.63, 3.8) is 0 Å². The third-order valence-corrected chi connectivity index (χ3v) is 6.71. The highest BCUT2D eigenvalue weighted by Crippen LogP contribution is 2.28. The molecule has 0 aliphatic rings. The molecule has 3 rings (SSSR count). The number of nitrogens with one attached hydrogen (secondary N) is 2. The summed E-state index contributed by atoms with van der Waals surface area (Å²) in [5.74, 6) is -0.205. The second-order valence-electron chi connectivity index (χ2n) is 6.65. The highest BCUT2D eigenvalue weighted by atomic mass is 127. The number of amides is 2. The van der Waals surface area contributed by atoms with Gasteiger partial charge in [0.05, 0.1) is 12.8 Å². The Morgan fingerprint density at radius 2 is 1.84 bits per heavy atom. The maximum atomic E-state index is 12.9. The Morgan fingerprint density at radius 3 is 2.45 bits per heavy atom. The van der Waals surface area contributed by atoms with Crippen LogP contribution >= 0.6 is 56.5 Å². The van der Waals surface area contributed by atoms with Gasteiger partial charge in [-0.15, -0.1) is 11.3 Å². The molecule has 31 heavy (non-hydrogen) atoms. The second-order valence-corrected chi connectivity index (χ2v) is 9.84. The summed E-state index contributed by atoms with van der Waals surface area (Å²) in [6.07, 6.45) is -0.467. The van der Waals surface area contributed by atoms with Crippen molar-refractivity contribution < 1.29 is 19.4 Å². The van der Waals surface area contributed by atoms with E-state index in [0.717, 1.165) is 16.8 Å². The Bertz CT molecular complexity index is 1050. The Balaban J connectivity index is 1.72. The van der Waals surface area contributed by atoms with E-state index in [1.165, 1.54) is 11.3 Å². The van der Waals surface area contributed by atoms with Gasteiger partial charge in [0.15, 0.2) is 5.13 Å². The average Bonchev–Trinajstić information content (AvgIpc) is 3.15. The third-order valence-electron chi connectivity index (χ3n) is 4.19. The molecule has 0 bridgehead atoms. The Hall–Kier alpha value is -1.93. The number of ether oxygens (including phenoxy) is 1. The van der Waals surface area contributed by atoms with E-state index < -0.39 is 18.0 Å². The van der Waals surface area contributed by atoms with Gasteiger partial charge < -0.3 is 20.5 Å². The lowest BCUT2D eigenvalue weighted by atomic mass is 10.1. The molecule has 162 valence electrons. The number of carbonyl (C=O) groups is 2. The summed E-state index contributed by atoms with van der Waals surface area (Å²) in [6.45, 7) is 1.94. The van der Waals surface area contributed by atoms with Crippen LogP contribution < -0.4 is 10.6 Å². The van der Waals surface area contributed by atoms with E-state index in [1.807, 2.05) is 87.8 Å². The number of anilines is 1. The molecule has 0 aliphatic carbocycles. The molecule has 2 amide bonds. The molecule has 1 atom stereocenters. The van der Waals surface area contributed by atoms with Gasteiger partial charge in [-0.05, 0) is 75.4 Å². The van der Waals surface area contributed by atoms with E-state index in [4.69, 9.17) is 4.74 Å². The van der Waals surface area contributed by atoms with Gasteiger partial charge in [-0.2, -0.15) is 0 Å². The number of thiazole rings is 1. The van der Waals surface area contributed by atoms with E-state index in [-0.39, 0.29) is 18.8 Å². The summed E-state index contributed by atoms with van der Waals surface area (Å²) in [6, 6.07) is 12.0. The van der Waals surface area contributed by atoms with Crippen molar-refractivity contribution >= 4 is 73.7 Å². The van der Waals surface area contributed by atoms with Crippen molar-refractivity contribution in [2.45, 2.75) is 26.0 Å². The first-order valence-electron chi connectivity index (χ1n) is 9.19. The highest BCUT2D eigenvalue weighted by Gasteiger charge is 2.24. The monoisotopic (exact) mass is 663 g/mol. The van der Waals surface area contributed by atoms with Gasteiger partial charge in [0.1, 0.15) is 18.4 Å². The molecule has 0 spiro atoms. The first-order valence-corrected chi connectivity index (χ1v) is 12.2. The van der Waals surface area contributed by atoms with Crippen molar-refractivity contribution in [2.75, 3.05) is 5.32 Å². The lowest BCUT2D eigenvalue weighted by molar-refractivity contribution is -0.118. The number of rotatable bonds is 7. The molecule has 2 aromatic carbocycles. The summed E-state index contributed by atoms with van der Waals surface area (Å²) >= 11 is 5.37. The zero-order valence-corrected chi connectivity index (χ0v) is 21.5. The van der Waals surface area contributed by atoms with Crippen LogP contribution in [0.25, 0.3) is 0 Å². The van der Waals surface area contributed by atoms with E-state index in [0.29, 0.717) is 12.3 Å². The topological polar surface area (TPSA) is 101 Å². The first-order chi connectivity index (χ1) is 14.8. The van der Waals surface area contributed by atoms with Gasteiger partial charge in [-0.1, -0.05) is 30.3 Å². The molecule has 1 heterocycles. The number of alkyl carbamates (subject to hydrolysis) is 1. The van der Waals surface area contributed by atoms with Gasteiger partial charge in [-0.3, -0.25) is 4.79 Å². The summed E-state index contributed by atoms with van der Waals surface area (Å²) < 4.78 is 6.62. The van der Waals surface area contributed by atoms with Crippen LogP contribution in [0, 0.1) is 14.1 Å². The number of phenols is 1. The molecule has 3 aromatic rings. The van der Waals surface area contributed by atoms with E-state index >= 15 is 0 Å². The van der Waals surface area contributed by atoms with Gasteiger partial charge in [0, 0.05) is 11.8 Å². The minimum atomic E-state index is -0.886. The van der Waals surface area contributed by atoms with Crippen LogP contribution in [0.4, 0.5) is 9.93 Å². The lowest BCUT2D eigenvalue weighted by Crippen LogP contribution is -2.45. The number of hydrogen-bond donors (Lipinski definition) is 3. The predicted octanol–water partition coefficient (Wildman–Crippen LogP) is 4.84.